The molecule has 0 amide bonds. The number of thiazole rings is 1. The van der Waals surface area contributed by atoms with Crippen LogP contribution in [0, 0.1) is 0 Å². The zero-order valence-corrected chi connectivity index (χ0v) is 11.2. The van der Waals surface area contributed by atoms with Crippen LogP contribution in [0.4, 0.5) is 5.13 Å². The molecule has 0 fully saturated rings. The van der Waals surface area contributed by atoms with Crippen LogP contribution in [0.2, 0.25) is 0 Å². The van der Waals surface area contributed by atoms with Crippen LogP contribution in [-0.2, 0) is 20.7 Å². The van der Waals surface area contributed by atoms with E-state index in [9.17, 15) is 4.79 Å². The van der Waals surface area contributed by atoms with Crippen LogP contribution in [0.15, 0.2) is 5.38 Å². The highest BCUT2D eigenvalue weighted by molar-refractivity contribution is 7.13. The molecule has 0 saturated carbocycles. The molecule has 6 nitrogen and oxygen atoms in total. The van der Waals surface area contributed by atoms with Gasteiger partial charge in [0.05, 0.1) is 25.3 Å². The lowest BCUT2D eigenvalue weighted by atomic mass is 10.3. The van der Waals surface area contributed by atoms with Crippen LogP contribution < -0.4 is 5.32 Å². The Bertz CT molecular complexity index is 357. The first kappa shape index (κ1) is 14.9. The normalized spacial score (nSPS) is 10.5. The molecule has 1 aromatic rings. The molecule has 7 heteroatoms. The molecule has 0 spiro atoms. The summed E-state index contributed by atoms with van der Waals surface area (Å²) in [6.07, 6.45) is 0.843. The van der Waals surface area contributed by atoms with E-state index >= 15 is 0 Å². The Hall–Kier alpha value is -1.18. The fourth-order valence-corrected chi connectivity index (χ4v) is 1.98. The van der Waals surface area contributed by atoms with Gasteiger partial charge in [-0.05, 0) is 6.42 Å². The number of nitrogens with one attached hydrogen (secondary N) is 1. The average molecular weight is 274 g/mol. The van der Waals surface area contributed by atoms with Gasteiger partial charge >= 0.3 is 5.97 Å². The molecule has 1 aromatic heterocycles. The van der Waals surface area contributed by atoms with Crippen LogP contribution in [0.5, 0.6) is 0 Å². The molecule has 102 valence electrons. The molecule has 0 saturated heterocycles. The summed E-state index contributed by atoms with van der Waals surface area (Å²) in [7, 11) is 1.64. The number of methoxy groups -OCH3 is 1. The standard InChI is InChI=1S/C11H18N2O4S/c1-16-5-6-17-4-2-3-12-11-13-9(8-18-11)7-10(14)15/h8H,2-7H2,1H3,(H,12,13)(H,14,15). The van der Waals surface area contributed by atoms with Crippen molar-refractivity contribution in [3.05, 3.63) is 11.1 Å². The summed E-state index contributed by atoms with van der Waals surface area (Å²) in [5.41, 5.74) is 0.589. The second kappa shape index (κ2) is 8.84. The van der Waals surface area contributed by atoms with Crippen molar-refractivity contribution in [2.75, 3.05) is 38.8 Å². The molecule has 0 atom stereocenters. The van der Waals surface area contributed by atoms with Crippen molar-refractivity contribution >= 4 is 22.4 Å². The largest absolute Gasteiger partial charge is 0.481 e. The highest BCUT2D eigenvalue weighted by Crippen LogP contribution is 2.15. The van der Waals surface area contributed by atoms with E-state index in [1.165, 1.54) is 11.3 Å². The third-order valence-corrected chi connectivity index (χ3v) is 2.91. The smallest absolute Gasteiger partial charge is 0.309 e. The number of hydrogen-bond donors (Lipinski definition) is 2. The minimum absolute atomic E-state index is 0.0295. The Kier molecular flexibility index (Phi) is 7.31. The molecule has 0 aliphatic rings. The maximum absolute atomic E-state index is 10.5. The van der Waals surface area contributed by atoms with Gasteiger partial charge in [-0.2, -0.15) is 0 Å². The van der Waals surface area contributed by atoms with E-state index in [4.69, 9.17) is 14.6 Å². The van der Waals surface area contributed by atoms with E-state index in [1.807, 2.05) is 0 Å². The van der Waals surface area contributed by atoms with Crippen LogP contribution in [0.3, 0.4) is 0 Å². The fourth-order valence-electron chi connectivity index (χ4n) is 1.24. The number of ether oxygens (including phenoxy) is 2. The van der Waals surface area contributed by atoms with E-state index in [1.54, 1.807) is 12.5 Å². The lowest BCUT2D eigenvalue weighted by molar-refractivity contribution is -0.136. The molecule has 0 unspecified atom stereocenters. The van der Waals surface area contributed by atoms with Gasteiger partial charge in [-0.25, -0.2) is 4.98 Å². The van der Waals surface area contributed by atoms with E-state index in [-0.39, 0.29) is 6.42 Å². The average Bonchev–Trinajstić information content (AvgIpc) is 2.75. The molecule has 0 bridgehead atoms. The van der Waals surface area contributed by atoms with Crippen molar-refractivity contribution in [1.82, 2.24) is 4.98 Å². The maximum atomic E-state index is 10.5. The Morgan fingerprint density at radius 2 is 2.33 bits per heavy atom. The molecule has 0 radical (unpaired) electrons. The van der Waals surface area contributed by atoms with Gasteiger partial charge < -0.3 is 19.9 Å². The summed E-state index contributed by atoms with van der Waals surface area (Å²) in [6.45, 7) is 2.64. The minimum atomic E-state index is -0.863. The van der Waals surface area contributed by atoms with Gasteiger partial charge in [0.1, 0.15) is 0 Å². The van der Waals surface area contributed by atoms with Gasteiger partial charge in [-0.3, -0.25) is 4.79 Å². The van der Waals surface area contributed by atoms with Gasteiger partial charge in [0, 0.05) is 25.6 Å². The fraction of sp³-hybridized carbons (Fsp3) is 0.636. The zero-order chi connectivity index (χ0) is 13.2. The topological polar surface area (TPSA) is 80.7 Å². The summed E-state index contributed by atoms with van der Waals surface area (Å²) >= 11 is 1.42. The van der Waals surface area contributed by atoms with Crippen molar-refractivity contribution in [3.63, 3.8) is 0 Å². The predicted molar refractivity (Wildman–Crippen MR) is 69.3 cm³/mol. The molecule has 0 aliphatic carbocycles. The maximum Gasteiger partial charge on any atom is 0.309 e. The van der Waals surface area contributed by atoms with E-state index in [2.05, 4.69) is 10.3 Å². The number of anilines is 1. The number of carboxylic acid groups (broad SMARTS) is 1. The lowest BCUT2D eigenvalue weighted by Gasteiger charge is -2.04. The molecule has 2 N–H and O–H groups in total. The SMILES string of the molecule is COCCOCCCNc1nc(CC(=O)O)cs1. The monoisotopic (exact) mass is 274 g/mol. The third kappa shape index (κ3) is 6.53. The van der Waals surface area contributed by atoms with Crippen molar-refractivity contribution in [2.24, 2.45) is 0 Å². The Morgan fingerprint density at radius 3 is 3.06 bits per heavy atom. The van der Waals surface area contributed by atoms with Crippen LogP contribution in [0.1, 0.15) is 12.1 Å². The van der Waals surface area contributed by atoms with Gasteiger partial charge in [0.25, 0.3) is 0 Å². The van der Waals surface area contributed by atoms with Gasteiger partial charge in [0.2, 0.25) is 0 Å². The highest BCUT2D eigenvalue weighted by atomic mass is 32.1. The summed E-state index contributed by atoms with van der Waals surface area (Å²) < 4.78 is 10.2. The van der Waals surface area contributed by atoms with Crippen molar-refractivity contribution in [1.29, 1.82) is 0 Å². The lowest BCUT2D eigenvalue weighted by Crippen LogP contribution is -2.08. The summed E-state index contributed by atoms with van der Waals surface area (Å²) in [4.78, 5) is 14.6. The third-order valence-electron chi connectivity index (χ3n) is 2.06. The summed E-state index contributed by atoms with van der Waals surface area (Å²) in [5.74, 6) is -0.863. The first-order valence-corrected chi connectivity index (χ1v) is 6.57. The molecule has 18 heavy (non-hydrogen) atoms. The van der Waals surface area contributed by atoms with E-state index in [0.29, 0.717) is 25.5 Å². The molecular formula is C11H18N2O4S. The Balaban J connectivity index is 2.08. The molecular weight excluding hydrogens is 256 g/mol. The summed E-state index contributed by atoms with van der Waals surface area (Å²) in [6, 6.07) is 0. The number of carboxylic acids is 1. The second-order valence-electron chi connectivity index (χ2n) is 3.60. The Morgan fingerprint density at radius 1 is 1.50 bits per heavy atom. The molecule has 1 heterocycles. The zero-order valence-electron chi connectivity index (χ0n) is 10.3. The van der Waals surface area contributed by atoms with Gasteiger partial charge in [0.15, 0.2) is 5.13 Å². The second-order valence-corrected chi connectivity index (χ2v) is 4.46. The highest BCUT2D eigenvalue weighted by Gasteiger charge is 2.05. The molecule has 1 rings (SSSR count). The number of hydrogen-bond acceptors (Lipinski definition) is 6. The van der Waals surface area contributed by atoms with Crippen molar-refractivity contribution in [2.45, 2.75) is 12.8 Å². The quantitative estimate of drug-likeness (QED) is 0.625. The molecule has 0 aromatic carbocycles. The predicted octanol–water partition coefficient (Wildman–Crippen LogP) is 1.24. The van der Waals surface area contributed by atoms with Crippen LogP contribution in [-0.4, -0.2) is 49.5 Å². The number of aliphatic carboxylic acids is 1. The first-order chi connectivity index (χ1) is 8.72. The minimum Gasteiger partial charge on any atom is -0.481 e. The van der Waals surface area contributed by atoms with Crippen molar-refractivity contribution < 1.29 is 19.4 Å². The molecule has 0 aliphatic heterocycles. The number of rotatable bonds is 10. The summed E-state index contributed by atoms with van der Waals surface area (Å²) in [5, 5.41) is 14.3. The Labute approximate surface area is 110 Å². The van der Waals surface area contributed by atoms with E-state index in [0.717, 1.165) is 18.1 Å². The van der Waals surface area contributed by atoms with Crippen molar-refractivity contribution in [3.8, 4) is 0 Å². The van der Waals surface area contributed by atoms with Gasteiger partial charge in [-0.1, -0.05) is 0 Å². The van der Waals surface area contributed by atoms with E-state index < -0.39 is 5.97 Å². The number of nitrogens with zero attached hydrogens (tertiary/aromatic N) is 1. The number of aromatic nitrogens is 1. The van der Waals surface area contributed by atoms with Crippen LogP contribution in [0.25, 0.3) is 0 Å². The first-order valence-electron chi connectivity index (χ1n) is 5.69. The number of carbonyl (C=O) groups is 1. The van der Waals surface area contributed by atoms with Gasteiger partial charge in [-0.15, -0.1) is 11.3 Å². The van der Waals surface area contributed by atoms with Crippen LogP contribution >= 0.6 is 11.3 Å².